The van der Waals surface area contributed by atoms with Gasteiger partial charge in [-0.15, -0.1) is 0 Å². The van der Waals surface area contributed by atoms with E-state index in [1.165, 1.54) is 0 Å². The minimum absolute atomic E-state index is 0.233. The van der Waals surface area contributed by atoms with Crippen LogP contribution >= 0.6 is 0 Å². The number of pyridine rings is 2. The average molecular weight is 337 g/mol. The number of carbonyl (C=O) groups is 1. The van der Waals surface area contributed by atoms with Gasteiger partial charge in [-0.3, -0.25) is 9.78 Å². The van der Waals surface area contributed by atoms with Gasteiger partial charge in [-0.05, 0) is 17.5 Å². The number of carbonyl (C=O) groups excluding carboxylic acids is 1. The van der Waals surface area contributed by atoms with E-state index in [-0.39, 0.29) is 5.91 Å². The van der Waals surface area contributed by atoms with E-state index in [9.17, 15) is 4.79 Å². The Labute approximate surface area is 145 Å². The Morgan fingerprint density at radius 2 is 1.92 bits per heavy atom. The number of benzene rings is 1. The summed E-state index contributed by atoms with van der Waals surface area (Å²) in [5, 5.41) is 4.69. The molecule has 1 N–H and O–H groups in total. The maximum absolute atomic E-state index is 12.5. The van der Waals surface area contributed by atoms with Gasteiger partial charge in [0.05, 0.1) is 6.61 Å². The van der Waals surface area contributed by atoms with Crippen LogP contribution in [0.2, 0.25) is 0 Å². The molecule has 2 aromatic heterocycles. The Morgan fingerprint density at radius 3 is 2.80 bits per heavy atom. The zero-order chi connectivity index (χ0) is 17.5. The molecule has 0 unspecified atom stereocenters. The topological polar surface area (TPSA) is 73.3 Å². The molecule has 0 atom stereocenters. The van der Waals surface area contributed by atoms with E-state index in [0.29, 0.717) is 31.3 Å². The fourth-order valence-corrected chi connectivity index (χ4v) is 2.47. The van der Waals surface area contributed by atoms with Crippen molar-refractivity contribution in [3.05, 3.63) is 66.1 Å². The molecule has 0 spiro atoms. The number of hydrogen-bond donors (Lipinski definition) is 1. The maximum Gasteiger partial charge on any atom is 0.270 e. The number of aromatic nitrogens is 2. The third-order valence-electron chi connectivity index (χ3n) is 3.70. The second-order valence-corrected chi connectivity index (χ2v) is 5.37. The van der Waals surface area contributed by atoms with Crippen molar-refractivity contribution < 1.29 is 14.3 Å². The average Bonchev–Trinajstić information content (AvgIpc) is 2.66. The largest absolute Gasteiger partial charge is 0.475 e. The first kappa shape index (κ1) is 16.9. The smallest absolute Gasteiger partial charge is 0.270 e. The summed E-state index contributed by atoms with van der Waals surface area (Å²) in [6, 6.07) is 13.2. The second-order valence-electron chi connectivity index (χ2n) is 5.37. The first-order chi connectivity index (χ1) is 12.3. The molecule has 0 aliphatic rings. The molecule has 1 aromatic carbocycles. The van der Waals surface area contributed by atoms with Crippen molar-refractivity contribution in [3.8, 4) is 5.88 Å². The van der Waals surface area contributed by atoms with Gasteiger partial charge in [-0.1, -0.05) is 30.3 Å². The molecule has 0 radical (unpaired) electrons. The summed E-state index contributed by atoms with van der Waals surface area (Å²) >= 11 is 0. The zero-order valence-electron chi connectivity index (χ0n) is 13.9. The van der Waals surface area contributed by atoms with Gasteiger partial charge in [0, 0.05) is 37.0 Å². The first-order valence-electron chi connectivity index (χ1n) is 7.97. The SMILES string of the molecule is COCCOc1ncccc1CNC(=O)c1nccc2ccccc12. The van der Waals surface area contributed by atoms with Crippen molar-refractivity contribution in [1.82, 2.24) is 15.3 Å². The Hall–Kier alpha value is -2.99. The number of ether oxygens (including phenoxy) is 2. The molecule has 3 aromatic rings. The van der Waals surface area contributed by atoms with Crippen LogP contribution in [0.15, 0.2) is 54.9 Å². The molecule has 0 aliphatic carbocycles. The molecule has 0 fully saturated rings. The lowest BCUT2D eigenvalue weighted by Crippen LogP contribution is -2.24. The number of rotatable bonds is 7. The highest BCUT2D eigenvalue weighted by Gasteiger charge is 2.12. The Kier molecular flexibility index (Phi) is 5.53. The molecule has 0 aliphatic heterocycles. The summed E-state index contributed by atoms with van der Waals surface area (Å²) in [5.74, 6) is 0.259. The monoisotopic (exact) mass is 337 g/mol. The summed E-state index contributed by atoms with van der Waals surface area (Å²) < 4.78 is 10.6. The van der Waals surface area contributed by atoms with Gasteiger partial charge < -0.3 is 14.8 Å². The molecule has 0 saturated heterocycles. The van der Waals surface area contributed by atoms with Crippen LogP contribution in [0.3, 0.4) is 0 Å². The van der Waals surface area contributed by atoms with Gasteiger partial charge in [0.25, 0.3) is 5.91 Å². The Balaban J connectivity index is 1.72. The van der Waals surface area contributed by atoms with Crippen LogP contribution in [-0.4, -0.2) is 36.2 Å². The van der Waals surface area contributed by atoms with Crippen LogP contribution < -0.4 is 10.1 Å². The number of nitrogens with zero attached hydrogens (tertiary/aromatic N) is 2. The lowest BCUT2D eigenvalue weighted by molar-refractivity contribution is 0.0947. The molecule has 6 nitrogen and oxygen atoms in total. The van der Waals surface area contributed by atoms with Gasteiger partial charge >= 0.3 is 0 Å². The quantitative estimate of drug-likeness (QED) is 0.671. The lowest BCUT2D eigenvalue weighted by atomic mass is 10.1. The van der Waals surface area contributed by atoms with E-state index in [0.717, 1.165) is 16.3 Å². The molecule has 25 heavy (non-hydrogen) atoms. The van der Waals surface area contributed by atoms with Crippen molar-refractivity contribution in [2.75, 3.05) is 20.3 Å². The van der Waals surface area contributed by atoms with E-state index in [2.05, 4.69) is 15.3 Å². The van der Waals surface area contributed by atoms with Gasteiger partial charge in [-0.2, -0.15) is 0 Å². The molecule has 1 amide bonds. The van der Waals surface area contributed by atoms with Crippen molar-refractivity contribution >= 4 is 16.7 Å². The summed E-state index contributed by atoms with van der Waals surface area (Å²) in [5.41, 5.74) is 1.20. The molecular weight excluding hydrogens is 318 g/mol. The fourth-order valence-electron chi connectivity index (χ4n) is 2.47. The zero-order valence-corrected chi connectivity index (χ0v) is 13.9. The highest BCUT2D eigenvalue weighted by molar-refractivity contribution is 6.05. The van der Waals surface area contributed by atoms with Crippen LogP contribution in [0.25, 0.3) is 10.8 Å². The van der Waals surface area contributed by atoms with E-state index >= 15 is 0 Å². The number of fused-ring (bicyclic) bond motifs is 1. The molecular formula is C19H19N3O3. The number of hydrogen-bond acceptors (Lipinski definition) is 5. The van der Waals surface area contributed by atoms with Crippen LogP contribution in [0.1, 0.15) is 16.1 Å². The van der Waals surface area contributed by atoms with Gasteiger partial charge in [0.15, 0.2) is 0 Å². The van der Waals surface area contributed by atoms with E-state index in [4.69, 9.17) is 9.47 Å². The Morgan fingerprint density at radius 1 is 1.04 bits per heavy atom. The second kappa shape index (κ2) is 8.21. The van der Waals surface area contributed by atoms with Crippen LogP contribution in [-0.2, 0) is 11.3 Å². The Bertz CT molecular complexity index is 862. The molecule has 0 bridgehead atoms. The van der Waals surface area contributed by atoms with Crippen LogP contribution in [0, 0.1) is 0 Å². The summed E-state index contributed by atoms with van der Waals surface area (Å²) in [6.07, 6.45) is 3.29. The molecule has 128 valence electrons. The first-order valence-corrected chi connectivity index (χ1v) is 7.97. The summed E-state index contributed by atoms with van der Waals surface area (Å²) in [7, 11) is 1.61. The summed E-state index contributed by atoms with van der Waals surface area (Å²) in [6.45, 7) is 1.18. The van der Waals surface area contributed by atoms with E-state index in [1.807, 2.05) is 36.4 Å². The molecule has 0 saturated carbocycles. The third-order valence-corrected chi connectivity index (χ3v) is 3.70. The number of methoxy groups -OCH3 is 1. The van der Waals surface area contributed by atoms with Crippen molar-refractivity contribution in [2.45, 2.75) is 6.54 Å². The predicted molar refractivity (Wildman–Crippen MR) is 94.5 cm³/mol. The van der Waals surface area contributed by atoms with Gasteiger partial charge in [0.2, 0.25) is 5.88 Å². The highest BCUT2D eigenvalue weighted by Crippen LogP contribution is 2.17. The highest BCUT2D eigenvalue weighted by atomic mass is 16.5. The minimum atomic E-state index is -0.233. The van der Waals surface area contributed by atoms with Gasteiger partial charge in [-0.25, -0.2) is 4.98 Å². The van der Waals surface area contributed by atoms with Crippen molar-refractivity contribution in [1.29, 1.82) is 0 Å². The molecule has 6 heteroatoms. The maximum atomic E-state index is 12.5. The van der Waals surface area contributed by atoms with E-state index < -0.39 is 0 Å². The standard InChI is InChI=1S/C19H19N3O3/c1-24-11-12-25-19-15(6-4-9-21-19)13-22-18(23)17-16-7-3-2-5-14(16)8-10-20-17/h2-10H,11-13H2,1H3,(H,22,23). The number of nitrogens with one attached hydrogen (secondary N) is 1. The normalized spacial score (nSPS) is 10.6. The molecule has 3 rings (SSSR count). The predicted octanol–water partition coefficient (Wildman–Crippen LogP) is 2.59. The van der Waals surface area contributed by atoms with Crippen LogP contribution in [0.5, 0.6) is 5.88 Å². The third kappa shape index (κ3) is 4.10. The molecule has 2 heterocycles. The van der Waals surface area contributed by atoms with Crippen molar-refractivity contribution in [2.24, 2.45) is 0 Å². The number of amides is 1. The van der Waals surface area contributed by atoms with Crippen LogP contribution in [0.4, 0.5) is 0 Å². The van der Waals surface area contributed by atoms with Gasteiger partial charge in [0.1, 0.15) is 12.3 Å². The van der Waals surface area contributed by atoms with Crippen molar-refractivity contribution in [3.63, 3.8) is 0 Å². The fraction of sp³-hybridized carbons (Fsp3) is 0.211. The summed E-state index contributed by atoms with van der Waals surface area (Å²) in [4.78, 5) is 21.0. The van der Waals surface area contributed by atoms with E-state index in [1.54, 1.807) is 25.6 Å². The lowest BCUT2D eigenvalue weighted by Gasteiger charge is -2.11. The minimum Gasteiger partial charge on any atom is -0.475 e.